The number of carbonyl (C=O) groups excluding carboxylic acids is 1. The van der Waals surface area contributed by atoms with Crippen LogP contribution in [0.2, 0.25) is 0 Å². The van der Waals surface area contributed by atoms with Crippen LogP contribution in [0.25, 0.3) is 0 Å². The zero-order valence-corrected chi connectivity index (χ0v) is 13.2. The van der Waals surface area contributed by atoms with Gasteiger partial charge in [-0.05, 0) is 31.3 Å². The summed E-state index contributed by atoms with van der Waals surface area (Å²) in [6.07, 6.45) is -0.662. The van der Waals surface area contributed by atoms with E-state index in [4.69, 9.17) is 4.74 Å². The Labute approximate surface area is 136 Å². The number of hydrogen-bond donors (Lipinski definition) is 2. The monoisotopic (exact) mass is 314 g/mol. The third kappa shape index (κ3) is 6.50. The number of carbonyl (C=O) groups is 1. The summed E-state index contributed by atoms with van der Waals surface area (Å²) in [5.41, 5.74) is 0.763. The summed E-state index contributed by atoms with van der Waals surface area (Å²) in [5.74, 6) is 0.603. The molecule has 1 amide bonds. The van der Waals surface area contributed by atoms with Crippen molar-refractivity contribution in [3.8, 4) is 5.75 Å². The van der Waals surface area contributed by atoms with Crippen LogP contribution in [0.3, 0.4) is 0 Å². The molecule has 23 heavy (non-hydrogen) atoms. The molecule has 0 radical (unpaired) electrons. The van der Waals surface area contributed by atoms with Crippen molar-refractivity contribution in [3.05, 3.63) is 60.7 Å². The fourth-order valence-electron chi connectivity index (χ4n) is 2.15. The van der Waals surface area contributed by atoms with Crippen LogP contribution in [0, 0.1) is 0 Å². The highest BCUT2D eigenvalue weighted by Crippen LogP contribution is 2.09. The summed E-state index contributed by atoms with van der Waals surface area (Å²) in [7, 11) is 1.79. The lowest BCUT2D eigenvalue weighted by molar-refractivity contribution is -0.117. The highest BCUT2D eigenvalue weighted by atomic mass is 16.5. The number of ether oxygens (including phenoxy) is 1. The molecule has 0 heterocycles. The van der Waals surface area contributed by atoms with Gasteiger partial charge in [-0.15, -0.1) is 0 Å². The van der Waals surface area contributed by atoms with Gasteiger partial charge in [-0.1, -0.05) is 36.4 Å². The summed E-state index contributed by atoms with van der Waals surface area (Å²) in [5, 5.41) is 12.8. The molecule has 0 aliphatic rings. The van der Waals surface area contributed by atoms with Crippen molar-refractivity contribution in [1.82, 2.24) is 4.90 Å². The topological polar surface area (TPSA) is 61.8 Å². The lowest BCUT2D eigenvalue weighted by Crippen LogP contribution is -2.37. The Kier molecular flexibility index (Phi) is 6.59. The van der Waals surface area contributed by atoms with Crippen LogP contribution in [-0.4, -0.2) is 48.8 Å². The summed E-state index contributed by atoms with van der Waals surface area (Å²) in [4.78, 5) is 13.7. The van der Waals surface area contributed by atoms with Gasteiger partial charge in [0, 0.05) is 12.2 Å². The van der Waals surface area contributed by atoms with Crippen LogP contribution in [0.5, 0.6) is 5.75 Å². The third-order valence-corrected chi connectivity index (χ3v) is 3.18. The molecule has 5 nitrogen and oxygen atoms in total. The minimum Gasteiger partial charge on any atom is -0.491 e. The smallest absolute Gasteiger partial charge is 0.238 e. The zero-order valence-electron chi connectivity index (χ0n) is 13.2. The minimum atomic E-state index is -0.662. The molecule has 0 aromatic heterocycles. The second-order valence-electron chi connectivity index (χ2n) is 5.39. The number of amides is 1. The predicted octanol–water partition coefficient (Wildman–Crippen LogP) is 2.00. The number of nitrogens with one attached hydrogen (secondary N) is 1. The molecule has 5 heteroatoms. The SMILES string of the molecule is CN(CC(=O)Nc1ccccc1)CC(O)COc1ccccc1. The summed E-state index contributed by atoms with van der Waals surface area (Å²) < 4.78 is 5.49. The molecule has 0 saturated carbocycles. The van der Waals surface area contributed by atoms with Crippen molar-refractivity contribution in [3.63, 3.8) is 0 Å². The number of hydrogen-bond acceptors (Lipinski definition) is 4. The maximum absolute atomic E-state index is 11.9. The summed E-state index contributed by atoms with van der Waals surface area (Å²) >= 11 is 0. The Morgan fingerprint density at radius 1 is 1.13 bits per heavy atom. The average molecular weight is 314 g/mol. The lowest BCUT2D eigenvalue weighted by Gasteiger charge is -2.20. The number of anilines is 1. The number of aliphatic hydroxyl groups is 1. The second kappa shape index (κ2) is 8.92. The molecule has 0 fully saturated rings. The van der Waals surface area contributed by atoms with E-state index >= 15 is 0 Å². The number of benzene rings is 2. The van der Waals surface area contributed by atoms with Gasteiger partial charge in [-0.3, -0.25) is 9.69 Å². The van der Waals surface area contributed by atoms with E-state index in [2.05, 4.69) is 5.32 Å². The summed E-state index contributed by atoms with van der Waals surface area (Å²) in [6, 6.07) is 18.6. The van der Waals surface area contributed by atoms with Gasteiger partial charge in [0.05, 0.1) is 6.54 Å². The molecule has 0 aliphatic heterocycles. The standard InChI is InChI=1S/C18H22N2O3/c1-20(13-18(22)19-15-8-4-2-5-9-15)12-16(21)14-23-17-10-6-3-7-11-17/h2-11,16,21H,12-14H2,1H3,(H,19,22). The Hall–Kier alpha value is -2.37. The van der Waals surface area contributed by atoms with Gasteiger partial charge < -0.3 is 15.2 Å². The van der Waals surface area contributed by atoms with Gasteiger partial charge in [-0.25, -0.2) is 0 Å². The Bertz CT molecular complexity index is 590. The molecule has 1 atom stereocenters. The number of aliphatic hydroxyl groups excluding tert-OH is 1. The fraction of sp³-hybridized carbons (Fsp3) is 0.278. The second-order valence-corrected chi connectivity index (χ2v) is 5.39. The molecular formula is C18H22N2O3. The van der Waals surface area contributed by atoms with Crippen LogP contribution < -0.4 is 10.1 Å². The largest absolute Gasteiger partial charge is 0.491 e. The van der Waals surface area contributed by atoms with Crippen molar-refractivity contribution >= 4 is 11.6 Å². The van der Waals surface area contributed by atoms with Gasteiger partial charge in [0.15, 0.2) is 0 Å². The highest BCUT2D eigenvalue weighted by molar-refractivity contribution is 5.92. The van der Waals surface area contributed by atoms with E-state index in [1.807, 2.05) is 60.7 Å². The van der Waals surface area contributed by atoms with Gasteiger partial charge in [-0.2, -0.15) is 0 Å². The molecule has 0 spiro atoms. The average Bonchev–Trinajstić information content (AvgIpc) is 2.54. The molecule has 2 aromatic rings. The molecular weight excluding hydrogens is 292 g/mol. The van der Waals surface area contributed by atoms with Crippen LogP contribution in [0.4, 0.5) is 5.69 Å². The number of likely N-dealkylation sites (N-methyl/N-ethyl adjacent to an activating group) is 1. The van der Waals surface area contributed by atoms with Crippen LogP contribution >= 0.6 is 0 Å². The molecule has 122 valence electrons. The number of para-hydroxylation sites is 2. The molecule has 2 aromatic carbocycles. The molecule has 1 unspecified atom stereocenters. The van der Waals surface area contributed by atoms with Gasteiger partial charge >= 0.3 is 0 Å². The quantitative estimate of drug-likeness (QED) is 0.782. The Balaban J connectivity index is 1.69. The minimum absolute atomic E-state index is 0.116. The Morgan fingerprint density at radius 2 is 1.74 bits per heavy atom. The number of nitrogens with zero attached hydrogens (tertiary/aromatic N) is 1. The van der Waals surface area contributed by atoms with E-state index in [9.17, 15) is 9.90 Å². The lowest BCUT2D eigenvalue weighted by atomic mass is 10.3. The normalized spacial score (nSPS) is 12.0. The predicted molar refractivity (Wildman–Crippen MR) is 90.5 cm³/mol. The van der Waals surface area contributed by atoms with E-state index in [1.165, 1.54) is 0 Å². The fourth-order valence-corrected chi connectivity index (χ4v) is 2.15. The van der Waals surface area contributed by atoms with Gasteiger partial charge in [0.2, 0.25) is 5.91 Å². The van der Waals surface area contributed by atoms with Crippen LogP contribution in [0.15, 0.2) is 60.7 Å². The highest BCUT2D eigenvalue weighted by Gasteiger charge is 2.12. The zero-order chi connectivity index (χ0) is 16.5. The van der Waals surface area contributed by atoms with Crippen molar-refractivity contribution in [2.45, 2.75) is 6.10 Å². The molecule has 2 N–H and O–H groups in total. The maximum atomic E-state index is 11.9. The van der Waals surface area contributed by atoms with Gasteiger partial charge in [0.25, 0.3) is 0 Å². The van der Waals surface area contributed by atoms with Crippen molar-refractivity contribution < 1.29 is 14.6 Å². The molecule has 0 aliphatic carbocycles. The van der Waals surface area contributed by atoms with Crippen molar-refractivity contribution in [1.29, 1.82) is 0 Å². The first-order chi connectivity index (χ1) is 11.1. The van der Waals surface area contributed by atoms with E-state index in [-0.39, 0.29) is 19.1 Å². The molecule has 2 rings (SSSR count). The molecule has 0 saturated heterocycles. The number of rotatable bonds is 8. The van der Waals surface area contributed by atoms with Gasteiger partial charge in [0.1, 0.15) is 18.5 Å². The van der Waals surface area contributed by atoms with E-state index in [0.717, 1.165) is 11.4 Å². The van der Waals surface area contributed by atoms with Crippen molar-refractivity contribution in [2.24, 2.45) is 0 Å². The first-order valence-corrected chi connectivity index (χ1v) is 7.53. The summed E-state index contributed by atoms with van der Waals surface area (Å²) in [6.45, 7) is 0.751. The van der Waals surface area contributed by atoms with Crippen LogP contribution in [0.1, 0.15) is 0 Å². The third-order valence-electron chi connectivity index (χ3n) is 3.18. The van der Waals surface area contributed by atoms with Crippen LogP contribution in [-0.2, 0) is 4.79 Å². The molecule has 0 bridgehead atoms. The first kappa shape index (κ1) is 17.0. The van der Waals surface area contributed by atoms with E-state index < -0.39 is 6.10 Å². The van der Waals surface area contributed by atoms with E-state index in [1.54, 1.807) is 11.9 Å². The Morgan fingerprint density at radius 3 is 2.39 bits per heavy atom. The van der Waals surface area contributed by atoms with Crippen molar-refractivity contribution in [2.75, 3.05) is 32.1 Å². The van der Waals surface area contributed by atoms with E-state index in [0.29, 0.717) is 6.54 Å². The first-order valence-electron chi connectivity index (χ1n) is 7.53. The maximum Gasteiger partial charge on any atom is 0.238 e.